The Bertz CT molecular complexity index is 1360. The molecule has 13 heteroatoms. The Kier molecular flexibility index (Phi) is 9.06. The highest BCUT2D eigenvalue weighted by Crippen LogP contribution is 2.52. The Balaban J connectivity index is 1.45. The van der Waals surface area contributed by atoms with Gasteiger partial charge in [0, 0.05) is 45.0 Å². The highest BCUT2D eigenvalue weighted by atomic mass is 19.4. The summed E-state index contributed by atoms with van der Waals surface area (Å²) in [6, 6.07) is 6.64. The number of piperazine rings is 1. The van der Waals surface area contributed by atoms with Crippen molar-refractivity contribution in [2.24, 2.45) is 5.41 Å². The fraction of sp³-hybridized carbons (Fsp3) is 0.613. The van der Waals surface area contributed by atoms with Crippen molar-refractivity contribution in [2.75, 3.05) is 57.8 Å². The SMILES string of the molecule is CCOc1ncccc1-c1ccc(N2CCN(C(=O)C3(C(F)(F)F)CCCC3)C[C@H]2CC)c(C(=O)NCC2(F)CN(C)C2)n1. The monoisotopic (exact) mass is 620 g/mol. The van der Waals surface area contributed by atoms with E-state index in [0.29, 0.717) is 48.7 Å². The van der Waals surface area contributed by atoms with Gasteiger partial charge < -0.3 is 19.9 Å². The van der Waals surface area contributed by atoms with E-state index < -0.39 is 29.1 Å². The Labute approximate surface area is 255 Å². The Morgan fingerprint density at radius 1 is 1.11 bits per heavy atom. The van der Waals surface area contributed by atoms with Crippen molar-refractivity contribution in [3.8, 4) is 17.1 Å². The molecule has 1 atom stereocenters. The number of nitrogens with one attached hydrogen (secondary N) is 1. The minimum atomic E-state index is -4.61. The number of amides is 2. The molecule has 3 aliphatic rings. The molecule has 2 amide bonds. The number of rotatable bonds is 9. The highest BCUT2D eigenvalue weighted by Gasteiger charge is 2.62. The summed E-state index contributed by atoms with van der Waals surface area (Å²) in [5, 5.41) is 2.71. The molecule has 44 heavy (non-hydrogen) atoms. The molecule has 0 unspecified atom stereocenters. The van der Waals surface area contributed by atoms with Gasteiger partial charge >= 0.3 is 6.18 Å². The normalized spacial score (nSPS) is 21.6. The number of hydrogen-bond donors (Lipinski definition) is 1. The molecular formula is C31H40F4N6O3. The molecule has 2 aliphatic heterocycles. The zero-order valence-corrected chi connectivity index (χ0v) is 25.4. The lowest BCUT2D eigenvalue weighted by Gasteiger charge is -2.45. The predicted molar refractivity (Wildman–Crippen MR) is 157 cm³/mol. The maximum atomic E-state index is 15.0. The second-order valence-corrected chi connectivity index (χ2v) is 12.2. The van der Waals surface area contributed by atoms with Crippen LogP contribution in [0.5, 0.6) is 5.88 Å². The zero-order chi connectivity index (χ0) is 31.7. The third-order valence-corrected chi connectivity index (χ3v) is 9.05. The Hall–Kier alpha value is -3.48. The number of alkyl halides is 4. The van der Waals surface area contributed by atoms with Crippen molar-refractivity contribution in [1.29, 1.82) is 0 Å². The number of ether oxygens (including phenoxy) is 1. The Morgan fingerprint density at radius 2 is 1.84 bits per heavy atom. The van der Waals surface area contributed by atoms with Gasteiger partial charge in [-0.2, -0.15) is 13.2 Å². The number of anilines is 1. The molecule has 2 aromatic heterocycles. The number of carbonyl (C=O) groups is 2. The molecule has 3 fully saturated rings. The minimum Gasteiger partial charge on any atom is -0.477 e. The molecule has 2 saturated heterocycles. The van der Waals surface area contributed by atoms with Crippen molar-refractivity contribution >= 4 is 17.5 Å². The quantitative estimate of drug-likeness (QED) is 0.414. The van der Waals surface area contributed by atoms with Gasteiger partial charge in [-0.3, -0.25) is 14.5 Å². The number of nitrogens with zero attached hydrogens (tertiary/aromatic N) is 5. The van der Waals surface area contributed by atoms with E-state index in [1.165, 1.54) is 4.90 Å². The van der Waals surface area contributed by atoms with Crippen LogP contribution in [0.1, 0.15) is 56.4 Å². The first-order valence-corrected chi connectivity index (χ1v) is 15.3. The summed E-state index contributed by atoms with van der Waals surface area (Å²) < 4.78 is 63.3. The van der Waals surface area contributed by atoms with E-state index in [1.54, 1.807) is 37.5 Å². The third kappa shape index (κ3) is 6.07. The number of carbonyl (C=O) groups excluding carboxylic acids is 2. The summed E-state index contributed by atoms with van der Waals surface area (Å²) in [6.45, 7) is 4.71. The number of hydrogen-bond acceptors (Lipinski definition) is 7. The Morgan fingerprint density at radius 3 is 2.48 bits per heavy atom. The lowest BCUT2D eigenvalue weighted by molar-refractivity contribution is -0.226. The van der Waals surface area contributed by atoms with Crippen molar-refractivity contribution in [1.82, 2.24) is 25.1 Å². The lowest BCUT2D eigenvalue weighted by atomic mass is 9.83. The molecule has 2 aromatic rings. The minimum absolute atomic E-state index is 0.0610. The van der Waals surface area contributed by atoms with Gasteiger partial charge in [0.2, 0.25) is 11.8 Å². The number of pyridine rings is 2. The molecule has 1 saturated carbocycles. The van der Waals surface area contributed by atoms with Crippen molar-refractivity contribution in [3.63, 3.8) is 0 Å². The maximum Gasteiger partial charge on any atom is 0.403 e. The van der Waals surface area contributed by atoms with E-state index >= 15 is 4.39 Å². The van der Waals surface area contributed by atoms with Crippen molar-refractivity contribution in [2.45, 2.75) is 63.8 Å². The van der Waals surface area contributed by atoms with E-state index in [9.17, 15) is 22.8 Å². The summed E-state index contributed by atoms with van der Waals surface area (Å²) in [5.41, 5.74) is -2.33. The molecule has 0 aromatic carbocycles. The van der Waals surface area contributed by atoms with Gasteiger partial charge in [-0.1, -0.05) is 19.8 Å². The van der Waals surface area contributed by atoms with E-state index in [-0.39, 0.29) is 63.8 Å². The van der Waals surface area contributed by atoms with Crippen molar-refractivity contribution < 1.29 is 31.9 Å². The lowest BCUT2D eigenvalue weighted by Crippen LogP contribution is -2.62. The molecule has 1 N–H and O–H groups in total. The molecule has 0 spiro atoms. The van der Waals surface area contributed by atoms with E-state index in [2.05, 4.69) is 10.3 Å². The van der Waals surface area contributed by atoms with Gasteiger partial charge in [-0.15, -0.1) is 0 Å². The topological polar surface area (TPSA) is 90.9 Å². The second-order valence-electron chi connectivity index (χ2n) is 12.2. The van der Waals surface area contributed by atoms with Gasteiger partial charge in [-0.25, -0.2) is 14.4 Å². The number of aromatic nitrogens is 2. The zero-order valence-electron chi connectivity index (χ0n) is 25.4. The summed E-state index contributed by atoms with van der Waals surface area (Å²) in [4.78, 5) is 41.2. The average molecular weight is 621 g/mol. The van der Waals surface area contributed by atoms with Gasteiger partial charge in [0.05, 0.1) is 30.1 Å². The standard InChI is InChI=1S/C31H40F4N6O3/c1-4-21-17-40(28(43)30(31(33,34)35)12-6-7-13-30)15-16-41(21)24-11-10-23(22-9-8-14-36-27(22)44-5-2)38-25(24)26(42)37-18-29(32)19-39(3)20-29/h8-11,14,21H,4-7,12-13,15-20H2,1-3H3,(H,37,42)/t21-/m1/s1. The number of halogens is 4. The van der Waals surface area contributed by atoms with Crippen LogP contribution in [-0.4, -0.2) is 102 Å². The van der Waals surface area contributed by atoms with Crippen LogP contribution >= 0.6 is 0 Å². The van der Waals surface area contributed by atoms with E-state index in [4.69, 9.17) is 9.72 Å². The van der Waals surface area contributed by atoms with Gasteiger partial charge in [0.25, 0.3) is 5.91 Å². The van der Waals surface area contributed by atoms with Crippen LogP contribution in [0.25, 0.3) is 11.3 Å². The summed E-state index contributed by atoms with van der Waals surface area (Å²) >= 11 is 0. The molecule has 4 heterocycles. The number of likely N-dealkylation sites (tertiary alicyclic amines) is 1. The van der Waals surface area contributed by atoms with E-state index in [1.807, 2.05) is 23.6 Å². The molecule has 1 aliphatic carbocycles. The van der Waals surface area contributed by atoms with Gasteiger partial charge in [-0.05, 0) is 57.5 Å². The predicted octanol–water partition coefficient (Wildman–Crippen LogP) is 4.48. The van der Waals surface area contributed by atoms with Gasteiger partial charge in [0.1, 0.15) is 5.41 Å². The summed E-state index contributed by atoms with van der Waals surface area (Å²) in [5.74, 6) is -1.07. The van der Waals surface area contributed by atoms with Crippen LogP contribution in [0, 0.1) is 5.41 Å². The molecule has 0 radical (unpaired) electrons. The molecule has 9 nitrogen and oxygen atoms in total. The smallest absolute Gasteiger partial charge is 0.403 e. The first-order chi connectivity index (χ1) is 20.9. The largest absolute Gasteiger partial charge is 0.477 e. The molecular weight excluding hydrogens is 580 g/mol. The third-order valence-electron chi connectivity index (χ3n) is 9.05. The molecule has 240 valence electrons. The van der Waals surface area contributed by atoms with Crippen LogP contribution in [-0.2, 0) is 4.79 Å². The summed E-state index contributed by atoms with van der Waals surface area (Å²) in [6.07, 6.45) is -2.14. The van der Waals surface area contributed by atoms with Gasteiger partial charge in [0.15, 0.2) is 11.4 Å². The van der Waals surface area contributed by atoms with Crippen LogP contribution in [0.15, 0.2) is 30.5 Å². The highest BCUT2D eigenvalue weighted by molar-refractivity contribution is 5.99. The fourth-order valence-electron chi connectivity index (χ4n) is 6.80. The average Bonchev–Trinajstić information content (AvgIpc) is 3.51. The fourth-order valence-corrected chi connectivity index (χ4v) is 6.80. The van der Waals surface area contributed by atoms with Crippen LogP contribution < -0.4 is 15.0 Å². The first-order valence-electron chi connectivity index (χ1n) is 15.3. The first kappa shape index (κ1) is 31.9. The maximum absolute atomic E-state index is 15.0. The second kappa shape index (κ2) is 12.5. The van der Waals surface area contributed by atoms with Crippen LogP contribution in [0.2, 0.25) is 0 Å². The van der Waals surface area contributed by atoms with E-state index in [0.717, 1.165) is 0 Å². The molecule has 0 bridgehead atoms. The van der Waals surface area contributed by atoms with Crippen molar-refractivity contribution in [3.05, 3.63) is 36.2 Å². The van der Waals surface area contributed by atoms with Crippen LogP contribution in [0.3, 0.4) is 0 Å². The van der Waals surface area contributed by atoms with Crippen LogP contribution in [0.4, 0.5) is 23.2 Å². The summed E-state index contributed by atoms with van der Waals surface area (Å²) in [7, 11) is 1.80. The molecule has 5 rings (SSSR count).